The summed E-state index contributed by atoms with van der Waals surface area (Å²) >= 11 is 0. The third-order valence-electron chi connectivity index (χ3n) is 9.12. The van der Waals surface area contributed by atoms with E-state index in [1.165, 1.54) is 25.7 Å². The summed E-state index contributed by atoms with van der Waals surface area (Å²) in [5.41, 5.74) is 0.415. The van der Waals surface area contributed by atoms with Crippen molar-refractivity contribution in [1.82, 2.24) is 0 Å². The van der Waals surface area contributed by atoms with Crippen molar-refractivity contribution in [2.24, 2.45) is 34.5 Å². The van der Waals surface area contributed by atoms with Gasteiger partial charge in [-0.25, -0.2) is 0 Å². The topological polar surface area (TPSA) is 35.5 Å². The van der Waals surface area contributed by atoms with Crippen molar-refractivity contribution in [2.45, 2.75) is 77.4 Å². The fourth-order valence-electron chi connectivity index (χ4n) is 7.42. The van der Waals surface area contributed by atoms with Gasteiger partial charge < -0.3 is 9.47 Å². The lowest BCUT2D eigenvalue weighted by atomic mass is 9.45. The molecule has 0 N–H and O–H groups in total. The minimum atomic E-state index is -0.358. The first-order valence-corrected chi connectivity index (χ1v) is 10.0. The second-order valence-corrected chi connectivity index (χ2v) is 9.60. The van der Waals surface area contributed by atoms with Crippen LogP contribution in [0.4, 0.5) is 0 Å². The van der Waals surface area contributed by atoms with E-state index in [4.69, 9.17) is 9.47 Å². The number of fused-ring (bicyclic) bond motifs is 5. The van der Waals surface area contributed by atoms with Crippen molar-refractivity contribution in [1.29, 1.82) is 0 Å². The molecule has 0 radical (unpaired) electrons. The van der Waals surface area contributed by atoms with Gasteiger partial charge in [0.05, 0.1) is 0 Å². The number of Topliss-reactive ketones (excluding diaryl/α,β-unsaturated/α-hetero) is 1. The zero-order valence-corrected chi connectivity index (χ0v) is 15.9. The average Bonchev–Trinajstić information content (AvgIpc) is 2.90. The van der Waals surface area contributed by atoms with Crippen molar-refractivity contribution < 1.29 is 14.3 Å². The fraction of sp³-hybridized carbons (Fsp3) is 0.952. The number of hydrogen-bond acceptors (Lipinski definition) is 3. The zero-order valence-electron chi connectivity index (χ0n) is 15.9. The zero-order chi connectivity index (χ0) is 17.2. The molecule has 0 aromatic heterocycles. The molecule has 0 aromatic rings. The van der Waals surface area contributed by atoms with Gasteiger partial charge in [-0.2, -0.15) is 0 Å². The van der Waals surface area contributed by atoms with Gasteiger partial charge in [0.2, 0.25) is 0 Å². The van der Waals surface area contributed by atoms with Gasteiger partial charge in [0.25, 0.3) is 0 Å². The van der Waals surface area contributed by atoms with E-state index in [0.29, 0.717) is 23.0 Å². The maximum Gasteiger partial charge on any atom is 0.167 e. The number of ether oxygens (including phenoxy) is 2. The number of hydrogen-bond donors (Lipinski definition) is 0. The minimum Gasteiger partial charge on any atom is -0.353 e. The lowest BCUT2D eigenvalue weighted by Gasteiger charge is -2.61. The first-order chi connectivity index (χ1) is 11.4. The highest BCUT2D eigenvalue weighted by molar-refractivity contribution is 5.87. The summed E-state index contributed by atoms with van der Waals surface area (Å²) in [5, 5.41) is 0. The summed E-state index contributed by atoms with van der Waals surface area (Å²) in [4.78, 5) is 12.5. The first kappa shape index (κ1) is 17.0. The largest absolute Gasteiger partial charge is 0.353 e. The normalized spacial score (nSPS) is 50.1. The van der Waals surface area contributed by atoms with Gasteiger partial charge in [-0.05, 0) is 67.6 Å². The molecule has 0 spiro atoms. The fourth-order valence-corrected chi connectivity index (χ4v) is 7.42. The van der Waals surface area contributed by atoms with Gasteiger partial charge in [0.1, 0.15) is 5.78 Å². The highest BCUT2D eigenvalue weighted by atomic mass is 16.7. The summed E-state index contributed by atoms with van der Waals surface area (Å²) in [6.45, 7) is 4.82. The first-order valence-electron chi connectivity index (χ1n) is 10.0. The molecule has 0 amide bonds. The number of rotatable bonds is 2. The molecule has 3 nitrogen and oxygen atoms in total. The Bertz CT molecular complexity index is 525. The SMILES string of the molecule is COC1(OC)CC[C@@]2(C)[C@@H](CC[C@H]3[C@H]2CC[C@]2(C)C(=O)CC[C@@H]32)C1. The monoisotopic (exact) mass is 334 g/mol. The maximum atomic E-state index is 12.5. The third kappa shape index (κ3) is 2.13. The summed E-state index contributed by atoms with van der Waals surface area (Å²) in [6.07, 6.45) is 10.2. The second-order valence-electron chi connectivity index (χ2n) is 9.60. The van der Waals surface area contributed by atoms with Crippen LogP contribution < -0.4 is 0 Å². The molecule has 0 aromatic carbocycles. The molecule has 0 saturated heterocycles. The quantitative estimate of drug-likeness (QED) is 0.693. The number of carbonyl (C=O) groups excluding carboxylic acids is 1. The van der Waals surface area contributed by atoms with E-state index in [9.17, 15) is 4.79 Å². The van der Waals surface area contributed by atoms with Crippen LogP contribution in [0.1, 0.15) is 71.6 Å². The van der Waals surface area contributed by atoms with Crippen LogP contribution in [0.2, 0.25) is 0 Å². The van der Waals surface area contributed by atoms with E-state index in [2.05, 4.69) is 13.8 Å². The molecular weight excluding hydrogens is 300 g/mol. The lowest BCUT2D eigenvalue weighted by Crippen LogP contribution is -2.56. The lowest BCUT2D eigenvalue weighted by molar-refractivity contribution is -0.261. The van der Waals surface area contributed by atoms with Gasteiger partial charge in [0, 0.05) is 38.9 Å². The smallest absolute Gasteiger partial charge is 0.167 e. The summed E-state index contributed by atoms with van der Waals surface area (Å²) < 4.78 is 11.6. The second kappa shape index (κ2) is 5.54. The van der Waals surface area contributed by atoms with Crippen molar-refractivity contribution >= 4 is 5.78 Å². The molecule has 0 aliphatic heterocycles. The van der Waals surface area contributed by atoms with Crippen LogP contribution in [0.3, 0.4) is 0 Å². The molecular formula is C21H34O3. The minimum absolute atomic E-state index is 0.00183. The molecule has 136 valence electrons. The van der Waals surface area contributed by atoms with Gasteiger partial charge in [0.15, 0.2) is 5.79 Å². The average molecular weight is 335 g/mol. The van der Waals surface area contributed by atoms with Gasteiger partial charge in [-0.3, -0.25) is 4.79 Å². The van der Waals surface area contributed by atoms with Crippen molar-refractivity contribution in [3.63, 3.8) is 0 Å². The Morgan fingerprint density at radius 1 is 0.917 bits per heavy atom. The van der Waals surface area contributed by atoms with Gasteiger partial charge >= 0.3 is 0 Å². The molecule has 4 fully saturated rings. The van der Waals surface area contributed by atoms with Crippen LogP contribution in [-0.4, -0.2) is 25.8 Å². The standard InChI is InChI=1S/C21H34O3/c1-19-11-12-21(23-3,24-4)13-14(19)5-6-15-16-7-8-18(22)20(16,2)10-9-17(15)19/h14-17H,5-13H2,1-4H3/t14-,15+,16-,17+,19-,20-/m0/s1. The van der Waals surface area contributed by atoms with Crippen LogP contribution >= 0.6 is 0 Å². The molecule has 6 atom stereocenters. The van der Waals surface area contributed by atoms with Crippen LogP contribution in [0.25, 0.3) is 0 Å². The Labute approximate surface area is 146 Å². The van der Waals surface area contributed by atoms with E-state index in [1.807, 2.05) is 0 Å². The van der Waals surface area contributed by atoms with Crippen molar-refractivity contribution in [2.75, 3.05) is 14.2 Å². The van der Waals surface area contributed by atoms with Crippen LogP contribution in [0.5, 0.6) is 0 Å². The predicted molar refractivity (Wildman–Crippen MR) is 93.5 cm³/mol. The Morgan fingerprint density at radius 2 is 1.67 bits per heavy atom. The van der Waals surface area contributed by atoms with E-state index in [-0.39, 0.29) is 11.2 Å². The molecule has 4 aliphatic carbocycles. The van der Waals surface area contributed by atoms with E-state index < -0.39 is 0 Å². The summed E-state index contributed by atoms with van der Waals surface area (Å²) in [7, 11) is 3.60. The highest BCUT2D eigenvalue weighted by Gasteiger charge is 2.61. The number of methoxy groups -OCH3 is 2. The Hall–Kier alpha value is -0.410. The number of carbonyl (C=O) groups is 1. The van der Waals surface area contributed by atoms with Crippen molar-refractivity contribution in [3.8, 4) is 0 Å². The maximum absolute atomic E-state index is 12.5. The molecule has 0 unspecified atom stereocenters. The van der Waals surface area contributed by atoms with Crippen LogP contribution in [0.15, 0.2) is 0 Å². The number of ketones is 1. The Morgan fingerprint density at radius 3 is 2.38 bits per heavy atom. The molecule has 24 heavy (non-hydrogen) atoms. The Balaban J connectivity index is 1.60. The van der Waals surface area contributed by atoms with Crippen LogP contribution in [-0.2, 0) is 14.3 Å². The third-order valence-corrected chi connectivity index (χ3v) is 9.12. The highest BCUT2D eigenvalue weighted by Crippen LogP contribution is 2.66. The molecule has 4 saturated carbocycles. The summed E-state index contributed by atoms with van der Waals surface area (Å²) in [6, 6.07) is 0. The van der Waals surface area contributed by atoms with E-state index in [1.54, 1.807) is 14.2 Å². The van der Waals surface area contributed by atoms with Gasteiger partial charge in [-0.15, -0.1) is 0 Å². The summed E-state index contributed by atoms with van der Waals surface area (Å²) in [5.74, 6) is 3.12. The van der Waals surface area contributed by atoms with E-state index in [0.717, 1.165) is 43.9 Å². The predicted octanol–water partition coefficient (Wildman–Crippen LogP) is 4.59. The Kier molecular flexibility index (Phi) is 3.93. The molecule has 0 bridgehead atoms. The molecule has 0 heterocycles. The van der Waals surface area contributed by atoms with Crippen molar-refractivity contribution in [3.05, 3.63) is 0 Å². The van der Waals surface area contributed by atoms with E-state index >= 15 is 0 Å². The molecule has 4 aliphatic rings. The van der Waals surface area contributed by atoms with Gasteiger partial charge in [-0.1, -0.05) is 13.8 Å². The van der Waals surface area contributed by atoms with Crippen LogP contribution in [0, 0.1) is 34.5 Å². The molecule has 4 rings (SSSR count). The molecule has 3 heteroatoms.